The number of aliphatic hydroxyl groups excluding tert-OH is 1. The number of rotatable bonds is 3. The number of nitrogens with zero attached hydrogens (tertiary/aromatic N) is 3. The van der Waals surface area contributed by atoms with Crippen molar-refractivity contribution < 1.29 is 18.3 Å². The van der Waals surface area contributed by atoms with Crippen LogP contribution in [0.1, 0.15) is 36.7 Å². The summed E-state index contributed by atoms with van der Waals surface area (Å²) < 4.78 is 39.7. The maximum atomic E-state index is 13.0. The number of benzene rings is 1. The summed E-state index contributed by atoms with van der Waals surface area (Å²) in [4.78, 5) is 0. The van der Waals surface area contributed by atoms with Crippen molar-refractivity contribution in [2.75, 3.05) is 0 Å². The number of alkyl halides is 3. The third-order valence-electron chi connectivity index (χ3n) is 2.96. The summed E-state index contributed by atoms with van der Waals surface area (Å²) in [6, 6.07) is 6.61. The molecular formula is C13H14F3N3O. The number of halogens is 3. The molecule has 2 rings (SSSR count). The molecule has 0 unspecified atom stereocenters. The molecule has 0 aliphatic rings. The molecule has 1 aromatic heterocycles. The maximum Gasteiger partial charge on any atom is 0.435 e. The third kappa shape index (κ3) is 2.67. The van der Waals surface area contributed by atoms with Crippen molar-refractivity contribution in [2.24, 2.45) is 0 Å². The summed E-state index contributed by atoms with van der Waals surface area (Å²) in [7, 11) is 0. The molecule has 0 bridgehead atoms. The summed E-state index contributed by atoms with van der Waals surface area (Å²) in [5.74, 6) is 0.287. The van der Waals surface area contributed by atoms with E-state index in [9.17, 15) is 13.2 Å². The van der Waals surface area contributed by atoms with Gasteiger partial charge in [0.1, 0.15) is 5.69 Å². The Morgan fingerprint density at radius 3 is 2.25 bits per heavy atom. The first kappa shape index (κ1) is 14.5. The lowest BCUT2D eigenvalue weighted by Crippen LogP contribution is -2.15. The zero-order valence-electron chi connectivity index (χ0n) is 11.0. The largest absolute Gasteiger partial charge is 0.435 e. The zero-order valence-corrected chi connectivity index (χ0v) is 11.0. The van der Waals surface area contributed by atoms with Gasteiger partial charge >= 0.3 is 6.18 Å². The SMILES string of the molecule is CC(C)c1ccc(-n2nnc(CO)c2C(F)(F)F)cc1. The molecule has 2 aromatic rings. The van der Waals surface area contributed by atoms with Gasteiger partial charge in [-0.3, -0.25) is 0 Å². The van der Waals surface area contributed by atoms with Gasteiger partial charge < -0.3 is 5.11 Å². The Bertz CT molecular complexity index is 588. The van der Waals surface area contributed by atoms with E-state index in [0.29, 0.717) is 4.68 Å². The van der Waals surface area contributed by atoms with E-state index in [1.165, 1.54) is 0 Å². The van der Waals surface area contributed by atoms with Gasteiger partial charge in [-0.15, -0.1) is 5.10 Å². The van der Waals surface area contributed by atoms with Crippen LogP contribution >= 0.6 is 0 Å². The van der Waals surface area contributed by atoms with Crippen molar-refractivity contribution in [3.05, 3.63) is 41.2 Å². The third-order valence-corrected chi connectivity index (χ3v) is 2.96. The summed E-state index contributed by atoms with van der Waals surface area (Å²) in [5.41, 5.74) is -0.249. The minimum absolute atomic E-state index is 0.258. The molecule has 0 saturated carbocycles. The summed E-state index contributed by atoms with van der Waals surface area (Å²) in [5, 5.41) is 15.8. The predicted octanol–water partition coefficient (Wildman–Crippen LogP) is 2.90. The Hall–Kier alpha value is -1.89. The van der Waals surface area contributed by atoms with E-state index < -0.39 is 24.2 Å². The van der Waals surface area contributed by atoms with E-state index in [2.05, 4.69) is 10.3 Å². The summed E-state index contributed by atoms with van der Waals surface area (Å²) in [6.07, 6.45) is -4.63. The highest BCUT2D eigenvalue weighted by Gasteiger charge is 2.39. The van der Waals surface area contributed by atoms with Gasteiger partial charge in [0.2, 0.25) is 0 Å². The molecule has 0 radical (unpaired) electrons. The van der Waals surface area contributed by atoms with Gasteiger partial charge in [0, 0.05) is 0 Å². The van der Waals surface area contributed by atoms with E-state index in [1.807, 2.05) is 13.8 Å². The lowest BCUT2D eigenvalue weighted by atomic mass is 10.0. The van der Waals surface area contributed by atoms with Crippen LogP contribution in [0.15, 0.2) is 24.3 Å². The van der Waals surface area contributed by atoms with Crippen molar-refractivity contribution >= 4 is 0 Å². The molecule has 0 amide bonds. The van der Waals surface area contributed by atoms with Crippen LogP contribution in [0.25, 0.3) is 5.69 Å². The van der Waals surface area contributed by atoms with Gasteiger partial charge in [-0.05, 0) is 23.6 Å². The molecule has 1 heterocycles. The average Bonchev–Trinajstić information content (AvgIpc) is 2.82. The second-order valence-corrected chi connectivity index (χ2v) is 4.70. The molecule has 0 aliphatic carbocycles. The molecule has 7 heteroatoms. The van der Waals surface area contributed by atoms with Gasteiger partial charge in [0.05, 0.1) is 12.3 Å². The van der Waals surface area contributed by atoms with Crippen molar-refractivity contribution in [3.8, 4) is 5.69 Å². The van der Waals surface area contributed by atoms with Gasteiger partial charge in [0.15, 0.2) is 5.69 Å². The quantitative estimate of drug-likeness (QED) is 0.943. The Balaban J connectivity index is 2.50. The Morgan fingerprint density at radius 1 is 1.20 bits per heavy atom. The molecule has 0 saturated heterocycles. The molecule has 0 atom stereocenters. The number of aromatic nitrogens is 3. The highest BCUT2D eigenvalue weighted by Crippen LogP contribution is 2.32. The zero-order chi connectivity index (χ0) is 14.9. The van der Waals surface area contributed by atoms with Gasteiger partial charge in [-0.2, -0.15) is 13.2 Å². The van der Waals surface area contributed by atoms with Crippen LogP contribution in [0.5, 0.6) is 0 Å². The molecular weight excluding hydrogens is 271 g/mol. The lowest BCUT2D eigenvalue weighted by Gasteiger charge is -2.11. The average molecular weight is 285 g/mol. The minimum Gasteiger partial charge on any atom is -0.390 e. The number of hydrogen-bond donors (Lipinski definition) is 1. The van der Waals surface area contributed by atoms with E-state index in [-0.39, 0.29) is 11.6 Å². The molecule has 1 N–H and O–H groups in total. The fourth-order valence-corrected chi connectivity index (χ4v) is 1.88. The molecule has 0 aliphatic heterocycles. The van der Waals surface area contributed by atoms with E-state index >= 15 is 0 Å². The molecule has 0 spiro atoms. The molecule has 1 aromatic carbocycles. The molecule has 4 nitrogen and oxygen atoms in total. The van der Waals surface area contributed by atoms with Crippen molar-refractivity contribution in [2.45, 2.75) is 32.5 Å². The van der Waals surface area contributed by atoms with Crippen LogP contribution < -0.4 is 0 Å². The van der Waals surface area contributed by atoms with E-state index in [1.54, 1.807) is 24.3 Å². The smallest absolute Gasteiger partial charge is 0.390 e. The molecule has 108 valence electrons. The van der Waals surface area contributed by atoms with Gasteiger partial charge in [-0.25, -0.2) is 4.68 Å². The summed E-state index contributed by atoms with van der Waals surface area (Å²) in [6.45, 7) is 3.18. The van der Waals surface area contributed by atoms with Crippen LogP contribution in [0.4, 0.5) is 13.2 Å². The van der Waals surface area contributed by atoms with Gasteiger partial charge in [0.25, 0.3) is 0 Å². The minimum atomic E-state index is -4.63. The highest BCUT2D eigenvalue weighted by molar-refractivity contribution is 5.37. The first-order valence-corrected chi connectivity index (χ1v) is 6.07. The second-order valence-electron chi connectivity index (χ2n) is 4.70. The molecule has 0 fully saturated rings. The fourth-order valence-electron chi connectivity index (χ4n) is 1.88. The first-order chi connectivity index (χ1) is 9.34. The Labute approximate surface area is 113 Å². The Kier molecular flexibility index (Phi) is 3.80. The van der Waals surface area contributed by atoms with Crippen LogP contribution in [0.3, 0.4) is 0 Å². The number of hydrogen-bond acceptors (Lipinski definition) is 3. The highest BCUT2D eigenvalue weighted by atomic mass is 19.4. The van der Waals surface area contributed by atoms with Crippen molar-refractivity contribution in [3.63, 3.8) is 0 Å². The van der Waals surface area contributed by atoms with Crippen LogP contribution in [-0.4, -0.2) is 20.1 Å². The maximum absolute atomic E-state index is 13.0. The predicted molar refractivity (Wildman–Crippen MR) is 66.4 cm³/mol. The second kappa shape index (κ2) is 5.24. The van der Waals surface area contributed by atoms with Crippen LogP contribution in [0, 0.1) is 0 Å². The van der Waals surface area contributed by atoms with Crippen molar-refractivity contribution in [1.29, 1.82) is 0 Å². The summed E-state index contributed by atoms with van der Waals surface area (Å²) >= 11 is 0. The topological polar surface area (TPSA) is 50.9 Å². The van der Waals surface area contributed by atoms with Crippen LogP contribution in [-0.2, 0) is 12.8 Å². The monoisotopic (exact) mass is 285 g/mol. The fraction of sp³-hybridized carbons (Fsp3) is 0.385. The van der Waals surface area contributed by atoms with Crippen molar-refractivity contribution in [1.82, 2.24) is 15.0 Å². The van der Waals surface area contributed by atoms with Crippen LogP contribution in [0.2, 0.25) is 0 Å². The number of aliphatic hydroxyl groups is 1. The lowest BCUT2D eigenvalue weighted by molar-refractivity contribution is -0.143. The Morgan fingerprint density at radius 2 is 1.80 bits per heavy atom. The van der Waals surface area contributed by atoms with E-state index in [4.69, 9.17) is 5.11 Å². The molecule has 20 heavy (non-hydrogen) atoms. The van der Waals surface area contributed by atoms with Gasteiger partial charge in [-0.1, -0.05) is 31.2 Å². The standard InChI is InChI=1S/C13H14F3N3O/c1-8(2)9-3-5-10(6-4-9)19-12(13(14,15)16)11(7-20)17-18-19/h3-6,8,20H,7H2,1-2H3. The normalized spacial score (nSPS) is 12.2. The first-order valence-electron chi connectivity index (χ1n) is 6.07. The van der Waals surface area contributed by atoms with E-state index in [0.717, 1.165) is 5.56 Å².